The molecular formula is C20H23N5S. The fraction of sp³-hybridized carbons (Fsp3) is 0.200. The van der Waals surface area contributed by atoms with Gasteiger partial charge < -0.3 is 11.1 Å². The fourth-order valence-corrected chi connectivity index (χ4v) is 3.09. The zero-order valence-electron chi connectivity index (χ0n) is 15.0. The zero-order valence-corrected chi connectivity index (χ0v) is 15.8. The first kappa shape index (κ1) is 18.2. The Hall–Kier alpha value is -2.57. The SMILES string of the molecule is Cc1cccc(-c2cc(NCCc3ccc(SN)cc3)nc(N)n2)c1C. The quantitative estimate of drug-likeness (QED) is 0.573. The molecule has 3 rings (SSSR count). The van der Waals surface area contributed by atoms with E-state index in [2.05, 4.69) is 53.4 Å². The highest BCUT2D eigenvalue weighted by molar-refractivity contribution is 7.97. The molecule has 5 nitrogen and oxygen atoms in total. The largest absolute Gasteiger partial charge is 0.370 e. The van der Waals surface area contributed by atoms with Gasteiger partial charge in [0.1, 0.15) is 5.82 Å². The number of nitrogens with zero attached hydrogens (tertiary/aromatic N) is 2. The van der Waals surface area contributed by atoms with Gasteiger partial charge in [-0.15, -0.1) is 0 Å². The van der Waals surface area contributed by atoms with E-state index in [9.17, 15) is 0 Å². The Morgan fingerprint density at radius 3 is 2.54 bits per heavy atom. The minimum Gasteiger partial charge on any atom is -0.370 e. The van der Waals surface area contributed by atoms with Crippen LogP contribution < -0.4 is 16.2 Å². The number of rotatable bonds is 6. The van der Waals surface area contributed by atoms with Crippen molar-refractivity contribution >= 4 is 23.7 Å². The molecule has 0 bridgehead atoms. The molecular weight excluding hydrogens is 342 g/mol. The second-order valence-electron chi connectivity index (χ2n) is 6.18. The molecule has 0 saturated heterocycles. The van der Waals surface area contributed by atoms with E-state index in [-0.39, 0.29) is 5.95 Å². The summed E-state index contributed by atoms with van der Waals surface area (Å²) >= 11 is 1.25. The molecule has 0 saturated carbocycles. The first-order chi connectivity index (χ1) is 12.6. The van der Waals surface area contributed by atoms with Crippen LogP contribution in [0.5, 0.6) is 0 Å². The van der Waals surface area contributed by atoms with Crippen LogP contribution in [0, 0.1) is 13.8 Å². The lowest BCUT2D eigenvalue weighted by atomic mass is 10.0. The van der Waals surface area contributed by atoms with E-state index in [1.807, 2.05) is 24.3 Å². The van der Waals surface area contributed by atoms with Gasteiger partial charge in [-0.1, -0.05) is 30.3 Å². The van der Waals surface area contributed by atoms with Crippen molar-refractivity contribution in [2.75, 3.05) is 17.6 Å². The molecule has 1 heterocycles. The van der Waals surface area contributed by atoms with Gasteiger partial charge in [-0.3, -0.25) is 5.14 Å². The third-order valence-corrected chi connectivity index (χ3v) is 4.95. The number of nitrogen functional groups attached to an aromatic ring is 1. The maximum Gasteiger partial charge on any atom is 0.222 e. The molecule has 0 aliphatic rings. The molecule has 3 aromatic rings. The first-order valence-electron chi connectivity index (χ1n) is 8.47. The summed E-state index contributed by atoms with van der Waals surface area (Å²) in [5.41, 5.74) is 11.5. The number of aryl methyl sites for hydroxylation is 1. The number of anilines is 2. The molecule has 0 aliphatic carbocycles. The predicted octanol–water partition coefficient (Wildman–Crippen LogP) is 3.96. The van der Waals surface area contributed by atoms with Crippen LogP contribution in [0.3, 0.4) is 0 Å². The Kier molecular flexibility index (Phi) is 5.75. The minimum atomic E-state index is 0.273. The van der Waals surface area contributed by atoms with Gasteiger partial charge in [-0.05, 0) is 61.0 Å². The van der Waals surface area contributed by atoms with Crippen LogP contribution in [-0.4, -0.2) is 16.5 Å². The summed E-state index contributed by atoms with van der Waals surface area (Å²) < 4.78 is 0. The Balaban J connectivity index is 1.72. The highest BCUT2D eigenvalue weighted by Gasteiger charge is 2.08. The second-order valence-corrected chi connectivity index (χ2v) is 6.89. The summed E-state index contributed by atoms with van der Waals surface area (Å²) in [4.78, 5) is 9.77. The molecule has 6 heteroatoms. The molecule has 0 radical (unpaired) electrons. The lowest BCUT2D eigenvalue weighted by Crippen LogP contribution is -2.08. The number of nitrogens with two attached hydrogens (primary N) is 2. The number of benzene rings is 2. The van der Waals surface area contributed by atoms with Gasteiger partial charge in [0.2, 0.25) is 5.95 Å². The van der Waals surface area contributed by atoms with Gasteiger partial charge in [0, 0.05) is 23.1 Å². The Bertz CT molecular complexity index is 893. The van der Waals surface area contributed by atoms with Crippen LogP contribution >= 0.6 is 11.9 Å². The Morgan fingerprint density at radius 1 is 1.04 bits per heavy atom. The molecule has 0 fully saturated rings. The third-order valence-electron chi connectivity index (χ3n) is 4.40. The number of nitrogens with one attached hydrogen (secondary N) is 1. The Labute approximate surface area is 158 Å². The van der Waals surface area contributed by atoms with Gasteiger partial charge in [-0.2, -0.15) is 4.98 Å². The van der Waals surface area contributed by atoms with Crippen molar-refractivity contribution in [3.8, 4) is 11.3 Å². The first-order valence-corrected chi connectivity index (χ1v) is 9.35. The van der Waals surface area contributed by atoms with Gasteiger partial charge in [0.15, 0.2) is 0 Å². The van der Waals surface area contributed by atoms with Crippen molar-refractivity contribution in [3.05, 3.63) is 65.2 Å². The van der Waals surface area contributed by atoms with Crippen molar-refractivity contribution in [2.24, 2.45) is 5.14 Å². The molecule has 1 aromatic heterocycles. The Morgan fingerprint density at radius 2 is 1.81 bits per heavy atom. The molecule has 0 unspecified atom stereocenters. The summed E-state index contributed by atoms with van der Waals surface area (Å²) in [5, 5.41) is 8.90. The molecule has 0 amide bonds. The van der Waals surface area contributed by atoms with E-state index in [0.29, 0.717) is 0 Å². The molecule has 5 N–H and O–H groups in total. The van der Waals surface area contributed by atoms with Crippen molar-refractivity contribution in [1.82, 2.24) is 9.97 Å². The summed E-state index contributed by atoms with van der Waals surface area (Å²) in [6.45, 7) is 4.95. The number of hydrogen-bond donors (Lipinski definition) is 3. The van der Waals surface area contributed by atoms with Crippen LogP contribution in [-0.2, 0) is 6.42 Å². The van der Waals surface area contributed by atoms with E-state index in [0.717, 1.165) is 34.9 Å². The number of hydrogen-bond acceptors (Lipinski definition) is 6. The molecule has 0 aliphatic heterocycles. The lowest BCUT2D eigenvalue weighted by Gasteiger charge is -2.11. The van der Waals surface area contributed by atoms with E-state index < -0.39 is 0 Å². The molecule has 2 aromatic carbocycles. The van der Waals surface area contributed by atoms with E-state index >= 15 is 0 Å². The van der Waals surface area contributed by atoms with E-state index in [1.165, 1.54) is 28.6 Å². The molecule has 26 heavy (non-hydrogen) atoms. The smallest absolute Gasteiger partial charge is 0.222 e. The number of aromatic nitrogens is 2. The third kappa shape index (κ3) is 4.33. The molecule has 0 spiro atoms. The fourth-order valence-electron chi connectivity index (χ4n) is 2.79. The van der Waals surface area contributed by atoms with Crippen LogP contribution in [0.1, 0.15) is 16.7 Å². The minimum absolute atomic E-state index is 0.273. The highest BCUT2D eigenvalue weighted by Crippen LogP contribution is 2.26. The summed E-state index contributed by atoms with van der Waals surface area (Å²) in [6.07, 6.45) is 0.887. The molecule has 0 atom stereocenters. The summed E-state index contributed by atoms with van der Waals surface area (Å²) in [6, 6.07) is 16.4. The predicted molar refractivity (Wildman–Crippen MR) is 110 cm³/mol. The van der Waals surface area contributed by atoms with E-state index in [1.54, 1.807) is 0 Å². The summed E-state index contributed by atoms with van der Waals surface area (Å²) in [7, 11) is 0. The van der Waals surface area contributed by atoms with Crippen LogP contribution in [0.25, 0.3) is 11.3 Å². The van der Waals surface area contributed by atoms with Crippen molar-refractivity contribution in [1.29, 1.82) is 0 Å². The maximum absolute atomic E-state index is 5.92. The maximum atomic E-state index is 5.92. The monoisotopic (exact) mass is 365 g/mol. The van der Waals surface area contributed by atoms with Crippen LogP contribution in [0.15, 0.2) is 53.4 Å². The zero-order chi connectivity index (χ0) is 18.5. The topological polar surface area (TPSA) is 89.8 Å². The van der Waals surface area contributed by atoms with Crippen molar-refractivity contribution in [3.63, 3.8) is 0 Å². The van der Waals surface area contributed by atoms with Crippen LogP contribution in [0.2, 0.25) is 0 Å². The average Bonchev–Trinajstić information content (AvgIpc) is 2.64. The summed E-state index contributed by atoms with van der Waals surface area (Å²) in [5.74, 6) is 1.01. The van der Waals surface area contributed by atoms with Crippen LogP contribution in [0.4, 0.5) is 11.8 Å². The van der Waals surface area contributed by atoms with Gasteiger partial charge in [0.05, 0.1) is 5.69 Å². The van der Waals surface area contributed by atoms with Gasteiger partial charge >= 0.3 is 0 Å². The average molecular weight is 366 g/mol. The standard InChI is InChI=1S/C20H23N5S/c1-13-4-3-5-17(14(13)2)18-12-19(25-20(21)24-18)23-11-10-15-6-8-16(26-22)9-7-15/h3-9,12H,10-11,22H2,1-2H3,(H3,21,23,24,25). The van der Waals surface area contributed by atoms with Gasteiger partial charge in [0.25, 0.3) is 0 Å². The van der Waals surface area contributed by atoms with Crippen molar-refractivity contribution in [2.45, 2.75) is 25.2 Å². The highest BCUT2D eigenvalue weighted by atomic mass is 32.2. The van der Waals surface area contributed by atoms with Crippen molar-refractivity contribution < 1.29 is 0 Å². The second kappa shape index (κ2) is 8.21. The lowest BCUT2D eigenvalue weighted by molar-refractivity contribution is 0.999. The van der Waals surface area contributed by atoms with E-state index in [4.69, 9.17) is 10.9 Å². The van der Waals surface area contributed by atoms with Gasteiger partial charge in [-0.25, -0.2) is 4.98 Å². The molecule has 134 valence electrons. The normalized spacial score (nSPS) is 10.7.